The molecule has 1 atom stereocenters. The standard InChI is InChI=1S/C9H17NO2S/c1-13-6-5-8(10)9(11)12-7-3-2-4-7/h7-8H,2-6,10H2,1H3/t8-/m1/s1. The highest BCUT2D eigenvalue weighted by Gasteiger charge is 2.24. The second kappa shape index (κ2) is 5.50. The number of hydrogen-bond donors (Lipinski definition) is 1. The zero-order valence-electron chi connectivity index (χ0n) is 7.99. The average molecular weight is 203 g/mol. The highest BCUT2D eigenvalue weighted by Crippen LogP contribution is 2.22. The smallest absolute Gasteiger partial charge is 0.323 e. The number of esters is 1. The molecular formula is C9H17NO2S. The topological polar surface area (TPSA) is 52.3 Å². The monoisotopic (exact) mass is 203 g/mol. The Hall–Kier alpha value is -0.220. The fourth-order valence-corrected chi connectivity index (χ4v) is 1.59. The number of carbonyl (C=O) groups excluding carboxylic acids is 1. The third kappa shape index (κ3) is 3.56. The van der Waals surface area contributed by atoms with Gasteiger partial charge in [-0.15, -0.1) is 0 Å². The van der Waals surface area contributed by atoms with Crippen molar-refractivity contribution in [2.24, 2.45) is 5.73 Å². The molecule has 0 heterocycles. The van der Waals surface area contributed by atoms with E-state index in [9.17, 15) is 4.79 Å². The summed E-state index contributed by atoms with van der Waals surface area (Å²) in [6.07, 6.45) is 6.09. The summed E-state index contributed by atoms with van der Waals surface area (Å²) in [5, 5.41) is 0. The van der Waals surface area contributed by atoms with Crippen LogP contribution in [0.15, 0.2) is 0 Å². The van der Waals surface area contributed by atoms with Crippen LogP contribution in [-0.4, -0.2) is 30.1 Å². The minimum Gasteiger partial charge on any atom is -0.461 e. The highest BCUT2D eigenvalue weighted by atomic mass is 32.2. The normalized spacial score (nSPS) is 19.2. The molecule has 0 spiro atoms. The molecule has 0 aromatic rings. The van der Waals surface area contributed by atoms with E-state index in [1.807, 2.05) is 6.26 Å². The quantitative estimate of drug-likeness (QED) is 0.681. The Balaban J connectivity index is 2.13. The van der Waals surface area contributed by atoms with Gasteiger partial charge in [-0.2, -0.15) is 11.8 Å². The van der Waals surface area contributed by atoms with Crippen LogP contribution in [0, 0.1) is 0 Å². The maximum Gasteiger partial charge on any atom is 0.323 e. The molecule has 0 aromatic heterocycles. The molecule has 4 heteroatoms. The van der Waals surface area contributed by atoms with E-state index in [0.29, 0.717) is 6.42 Å². The van der Waals surface area contributed by atoms with Crippen LogP contribution in [0.5, 0.6) is 0 Å². The molecule has 0 unspecified atom stereocenters. The lowest BCUT2D eigenvalue weighted by molar-refractivity contribution is -0.154. The lowest BCUT2D eigenvalue weighted by atomic mass is 9.96. The van der Waals surface area contributed by atoms with E-state index in [0.717, 1.165) is 18.6 Å². The van der Waals surface area contributed by atoms with Crippen LogP contribution < -0.4 is 5.73 Å². The van der Waals surface area contributed by atoms with E-state index in [2.05, 4.69) is 0 Å². The highest BCUT2D eigenvalue weighted by molar-refractivity contribution is 7.98. The van der Waals surface area contributed by atoms with Gasteiger partial charge in [-0.1, -0.05) is 0 Å². The van der Waals surface area contributed by atoms with Gasteiger partial charge in [-0.3, -0.25) is 4.79 Å². The lowest BCUT2D eigenvalue weighted by Gasteiger charge is -2.26. The number of hydrogen-bond acceptors (Lipinski definition) is 4. The van der Waals surface area contributed by atoms with Crippen molar-refractivity contribution in [1.29, 1.82) is 0 Å². The van der Waals surface area contributed by atoms with E-state index in [-0.39, 0.29) is 12.1 Å². The maximum atomic E-state index is 11.3. The summed E-state index contributed by atoms with van der Waals surface area (Å²) >= 11 is 1.70. The largest absolute Gasteiger partial charge is 0.461 e. The van der Waals surface area contributed by atoms with Crippen molar-refractivity contribution in [2.75, 3.05) is 12.0 Å². The predicted octanol–water partition coefficient (Wildman–Crippen LogP) is 1.16. The van der Waals surface area contributed by atoms with E-state index in [4.69, 9.17) is 10.5 Å². The minimum atomic E-state index is -0.423. The van der Waals surface area contributed by atoms with Crippen LogP contribution in [0.1, 0.15) is 25.7 Å². The van der Waals surface area contributed by atoms with E-state index in [1.165, 1.54) is 6.42 Å². The Morgan fingerprint density at radius 2 is 2.38 bits per heavy atom. The van der Waals surface area contributed by atoms with Gasteiger partial charge in [0.2, 0.25) is 0 Å². The van der Waals surface area contributed by atoms with Gasteiger partial charge in [-0.25, -0.2) is 0 Å². The molecular weight excluding hydrogens is 186 g/mol. The molecule has 1 saturated carbocycles. The van der Waals surface area contributed by atoms with Crippen LogP contribution >= 0.6 is 11.8 Å². The van der Waals surface area contributed by atoms with Crippen LogP contribution in [0.2, 0.25) is 0 Å². The number of rotatable bonds is 5. The Morgan fingerprint density at radius 1 is 1.69 bits per heavy atom. The Labute approximate surface area is 83.4 Å². The van der Waals surface area contributed by atoms with Gasteiger partial charge in [0.15, 0.2) is 0 Å². The first-order valence-corrected chi connectivity index (χ1v) is 6.08. The van der Waals surface area contributed by atoms with Crippen molar-refractivity contribution in [3.8, 4) is 0 Å². The molecule has 0 amide bonds. The van der Waals surface area contributed by atoms with Crippen molar-refractivity contribution in [1.82, 2.24) is 0 Å². The van der Waals surface area contributed by atoms with Crippen molar-refractivity contribution in [3.63, 3.8) is 0 Å². The molecule has 1 aliphatic carbocycles. The van der Waals surface area contributed by atoms with Gasteiger partial charge in [0.05, 0.1) is 0 Å². The van der Waals surface area contributed by atoms with Gasteiger partial charge in [0.1, 0.15) is 12.1 Å². The second-order valence-electron chi connectivity index (χ2n) is 3.38. The molecule has 0 aliphatic heterocycles. The van der Waals surface area contributed by atoms with Crippen molar-refractivity contribution >= 4 is 17.7 Å². The van der Waals surface area contributed by atoms with Crippen molar-refractivity contribution in [2.45, 2.75) is 37.8 Å². The summed E-state index contributed by atoms with van der Waals surface area (Å²) < 4.78 is 5.17. The molecule has 76 valence electrons. The molecule has 0 bridgehead atoms. The van der Waals surface area contributed by atoms with E-state index in [1.54, 1.807) is 11.8 Å². The lowest BCUT2D eigenvalue weighted by Crippen LogP contribution is -2.37. The van der Waals surface area contributed by atoms with Gasteiger partial charge in [-0.05, 0) is 37.7 Å². The minimum absolute atomic E-state index is 0.160. The van der Waals surface area contributed by atoms with Gasteiger partial charge in [0, 0.05) is 0 Å². The predicted molar refractivity (Wildman–Crippen MR) is 54.7 cm³/mol. The first-order valence-electron chi connectivity index (χ1n) is 4.69. The molecule has 1 rings (SSSR count). The number of nitrogens with two attached hydrogens (primary N) is 1. The Bertz CT molecular complexity index is 171. The van der Waals surface area contributed by atoms with Gasteiger partial charge < -0.3 is 10.5 Å². The van der Waals surface area contributed by atoms with Crippen LogP contribution in [0.3, 0.4) is 0 Å². The van der Waals surface area contributed by atoms with Crippen molar-refractivity contribution < 1.29 is 9.53 Å². The van der Waals surface area contributed by atoms with Gasteiger partial charge in [0.25, 0.3) is 0 Å². The molecule has 2 N–H and O–H groups in total. The number of ether oxygens (including phenoxy) is 1. The van der Waals surface area contributed by atoms with Crippen LogP contribution in [-0.2, 0) is 9.53 Å². The average Bonchev–Trinajstić information content (AvgIpc) is 2.06. The van der Waals surface area contributed by atoms with Gasteiger partial charge >= 0.3 is 5.97 Å². The molecule has 0 saturated heterocycles. The fourth-order valence-electron chi connectivity index (χ4n) is 1.10. The third-order valence-electron chi connectivity index (χ3n) is 2.27. The zero-order valence-corrected chi connectivity index (χ0v) is 8.81. The molecule has 3 nitrogen and oxygen atoms in total. The summed E-state index contributed by atoms with van der Waals surface area (Å²) in [5.41, 5.74) is 5.64. The van der Waals surface area contributed by atoms with E-state index >= 15 is 0 Å². The molecule has 13 heavy (non-hydrogen) atoms. The summed E-state index contributed by atoms with van der Waals surface area (Å²) in [6, 6.07) is -0.423. The maximum absolute atomic E-state index is 11.3. The molecule has 1 aliphatic rings. The fraction of sp³-hybridized carbons (Fsp3) is 0.889. The number of thioether (sulfide) groups is 1. The summed E-state index contributed by atoms with van der Waals surface area (Å²) in [5.74, 6) is 0.694. The van der Waals surface area contributed by atoms with Crippen LogP contribution in [0.4, 0.5) is 0 Å². The van der Waals surface area contributed by atoms with E-state index < -0.39 is 6.04 Å². The molecule has 0 aromatic carbocycles. The SMILES string of the molecule is CSCC[C@@H](N)C(=O)OC1CCC1. The molecule has 0 radical (unpaired) electrons. The second-order valence-corrected chi connectivity index (χ2v) is 4.36. The van der Waals surface area contributed by atoms with Crippen molar-refractivity contribution in [3.05, 3.63) is 0 Å². The Morgan fingerprint density at radius 3 is 2.85 bits per heavy atom. The molecule has 1 fully saturated rings. The first kappa shape index (κ1) is 10.9. The summed E-state index contributed by atoms with van der Waals surface area (Å²) in [4.78, 5) is 11.3. The first-order chi connectivity index (χ1) is 6.24. The Kier molecular flexibility index (Phi) is 4.59. The van der Waals surface area contributed by atoms with Crippen LogP contribution in [0.25, 0.3) is 0 Å². The summed E-state index contributed by atoms with van der Waals surface area (Å²) in [6.45, 7) is 0. The third-order valence-corrected chi connectivity index (χ3v) is 2.91. The zero-order chi connectivity index (χ0) is 9.68. The summed E-state index contributed by atoms with van der Waals surface area (Å²) in [7, 11) is 0. The number of carbonyl (C=O) groups is 1.